The SMILES string of the molecule is Cc1ccc(N(CCCC(=O)N(Cc2ccccc2)C(C)C(=O)NCC(C)C)S(C)(=O)=O)cc1C. The number of anilines is 1. The first-order chi connectivity index (χ1) is 16.4. The molecule has 0 aliphatic rings. The van der Waals surface area contributed by atoms with Crippen molar-refractivity contribution in [2.75, 3.05) is 23.7 Å². The second-order valence-corrected chi connectivity index (χ2v) is 11.4. The molecule has 0 saturated carbocycles. The predicted octanol–water partition coefficient (Wildman–Crippen LogP) is 4.04. The van der Waals surface area contributed by atoms with Crippen LogP contribution in [0.5, 0.6) is 0 Å². The van der Waals surface area contributed by atoms with Gasteiger partial charge in [-0.3, -0.25) is 13.9 Å². The van der Waals surface area contributed by atoms with E-state index in [1.807, 2.05) is 70.2 Å². The first kappa shape index (κ1) is 28.4. The number of carbonyl (C=O) groups excluding carboxylic acids is 2. The van der Waals surface area contributed by atoms with Crippen molar-refractivity contribution in [1.29, 1.82) is 0 Å². The van der Waals surface area contributed by atoms with E-state index in [0.29, 0.717) is 31.1 Å². The van der Waals surface area contributed by atoms with Crippen LogP contribution < -0.4 is 9.62 Å². The number of hydrogen-bond donors (Lipinski definition) is 1. The Hall–Kier alpha value is -2.87. The van der Waals surface area contributed by atoms with Crippen LogP contribution in [-0.2, 0) is 26.2 Å². The third kappa shape index (κ3) is 8.69. The minimum Gasteiger partial charge on any atom is -0.354 e. The van der Waals surface area contributed by atoms with E-state index in [1.165, 1.54) is 10.6 Å². The summed E-state index contributed by atoms with van der Waals surface area (Å²) in [5, 5.41) is 2.91. The Bertz CT molecular complexity index is 1100. The summed E-state index contributed by atoms with van der Waals surface area (Å²) >= 11 is 0. The zero-order valence-corrected chi connectivity index (χ0v) is 22.6. The molecule has 0 aliphatic heterocycles. The molecular weight excluding hydrogens is 462 g/mol. The lowest BCUT2D eigenvalue weighted by atomic mass is 10.1. The fraction of sp³-hybridized carbons (Fsp3) is 0.481. The number of nitrogens with zero attached hydrogens (tertiary/aromatic N) is 2. The van der Waals surface area contributed by atoms with Gasteiger partial charge in [0.25, 0.3) is 0 Å². The van der Waals surface area contributed by atoms with Crippen molar-refractivity contribution in [2.45, 2.75) is 60.0 Å². The first-order valence-electron chi connectivity index (χ1n) is 12.1. The monoisotopic (exact) mass is 501 g/mol. The highest BCUT2D eigenvalue weighted by Crippen LogP contribution is 2.22. The number of carbonyl (C=O) groups is 2. The summed E-state index contributed by atoms with van der Waals surface area (Å²) in [7, 11) is -3.52. The minimum absolute atomic E-state index is 0.130. The molecule has 192 valence electrons. The van der Waals surface area contributed by atoms with Crippen LogP contribution in [0.3, 0.4) is 0 Å². The predicted molar refractivity (Wildman–Crippen MR) is 142 cm³/mol. The lowest BCUT2D eigenvalue weighted by molar-refractivity contribution is -0.140. The summed E-state index contributed by atoms with van der Waals surface area (Å²) in [6, 6.07) is 14.4. The molecule has 0 bridgehead atoms. The van der Waals surface area contributed by atoms with E-state index in [9.17, 15) is 18.0 Å². The molecule has 0 heterocycles. The van der Waals surface area contributed by atoms with Crippen molar-refractivity contribution < 1.29 is 18.0 Å². The molecule has 35 heavy (non-hydrogen) atoms. The Morgan fingerprint density at radius 2 is 1.63 bits per heavy atom. The van der Waals surface area contributed by atoms with Gasteiger partial charge in [0, 0.05) is 26.1 Å². The van der Waals surface area contributed by atoms with Crippen LogP contribution in [-0.4, -0.2) is 50.5 Å². The zero-order chi connectivity index (χ0) is 26.2. The van der Waals surface area contributed by atoms with Gasteiger partial charge in [-0.2, -0.15) is 0 Å². The molecule has 1 unspecified atom stereocenters. The molecule has 8 heteroatoms. The Labute approximate surface area is 210 Å². The van der Waals surface area contributed by atoms with Gasteiger partial charge in [-0.25, -0.2) is 8.42 Å². The molecule has 2 aromatic rings. The third-order valence-electron chi connectivity index (χ3n) is 5.98. The van der Waals surface area contributed by atoms with E-state index < -0.39 is 16.1 Å². The van der Waals surface area contributed by atoms with Gasteiger partial charge in [0.15, 0.2) is 0 Å². The highest BCUT2D eigenvalue weighted by molar-refractivity contribution is 7.92. The van der Waals surface area contributed by atoms with E-state index >= 15 is 0 Å². The average molecular weight is 502 g/mol. The molecule has 0 aromatic heterocycles. The summed E-state index contributed by atoms with van der Waals surface area (Å²) in [4.78, 5) is 27.6. The lowest BCUT2D eigenvalue weighted by Gasteiger charge is -2.29. The molecule has 1 N–H and O–H groups in total. The number of benzene rings is 2. The van der Waals surface area contributed by atoms with E-state index in [4.69, 9.17) is 0 Å². The molecule has 0 fully saturated rings. The van der Waals surface area contributed by atoms with Crippen molar-refractivity contribution in [2.24, 2.45) is 5.92 Å². The van der Waals surface area contributed by atoms with Crippen molar-refractivity contribution in [3.8, 4) is 0 Å². The molecule has 7 nitrogen and oxygen atoms in total. The minimum atomic E-state index is -3.52. The Morgan fingerprint density at radius 3 is 2.20 bits per heavy atom. The lowest BCUT2D eigenvalue weighted by Crippen LogP contribution is -2.48. The van der Waals surface area contributed by atoms with Gasteiger partial charge in [0.05, 0.1) is 11.9 Å². The highest BCUT2D eigenvalue weighted by Gasteiger charge is 2.26. The molecule has 0 spiro atoms. The number of hydrogen-bond acceptors (Lipinski definition) is 4. The Kier molecular flexibility index (Phi) is 10.3. The van der Waals surface area contributed by atoms with Crippen LogP contribution in [0, 0.1) is 19.8 Å². The van der Waals surface area contributed by atoms with Crippen LogP contribution in [0.25, 0.3) is 0 Å². The van der Waals surface area contributed by atoms with Crippen molar-refractivity contribution in [1.82, 2.24) is 10.2 Å². The second-order valence-electron chi connectivity index (χ2n) is 9.53. The highest BCUT2D eigenvalue weighted by atomic mass is 32.2. The Balaban J connectivity index is 2.14. The van der Waals surface area contributed by atoms with Crippen LogP contribution in [0.1, 0.15) is 50.3 Å². The average Bonchev–Trinajstić information content (AvgIpc) is 2.80. The number of aryl methyl sites for hydroxylation is 2. The van der Waals surface area contributed by atoms with Crippen molar-refractivity contribution >= 4 is 27.5 Å². The van der Waals surface area contributed by atoms with Gasteiger partial charge in [0.1, 0.15) is 6.04 Å². The van der Waals surface area contributed by atoms with Gasteiger partial charge in [-0.05, 0) is 61.9 Å². The summed E-state index contributed by atoms with van der Waals surface area (Å²) in [6.07, 6.45) is 1.64. The van der Waals surface area contributed by atoms with Crippen LogP contribution in [0.4, 0.5) is 5.69 Å². The topological polar surface area (TPSA) is 86.8 Å². The standard InChI is InChI=1S/C27H39N3O4S/c1-20(2)18-28-27(32)23(5)29(19-24-11-8-7-9-12-24)26(31)13-10-16-30(35(6,33)34)25-15-14-21(3)22(4)17-25/h7-9,11-12,14-15,17,20,23H,10,13,16,18-19H2,1-6H3,(H,28,32). The Morgan fingerprint density at radius 1 is 0.971 bits per heavy atom. The number of nitrogens with one attached hydrogen (secondary N) is 1. The van der Waals surface area contributed by atoms with Gasteiger partial charge >= 0.3 is 0 Å². The van der Waals surface area contributed by atoms with Gasteiger partial charge in [0.2, 0.25) is 21.8 Å². The number of rotatable bonds is 12. The van der Waals surface area contributed by atoms with Crippen LogP contribution in [0.2, 0.25) is 0 Å². The molecule has 1 atom stereocenters. The van der Waals surface area contributed by atoms with Gasteiger partial charge in [-0.1, -0.05) is 50.2 Å². The van der Waals surface area contributed by atoms with E-state index in [-0.39, 0.29) is 24.8 Å². The fourth-order valence-corrected chi connectivity index (χ4v) is 4.66. The molecule has 2 aromatic carbocycles. The molecule has 0 aliphatic carbocycles. The number of sulfonamides is 1. The van der Waals surface area contributed by atoms with Gasteiger partial charge < -0.3 is 10.2 Å². The third-order valence-corrected chi connectivity index (χ3v) is 7.17. The maximum atomic E-state index is 13.3. The second kappa shape index (κ2) is 12.7. The maximum absolute atomic E-state index is 13.3. The zero-order valence-electron chi connectivity index (χ0n) is 21.7. The largest absolute Gasteiger partial charge is 0.354 e. The summed E-state index contributed by atoms with van der Waals surface area (Å²) in [6.45, 7) is 10.7. The van der Waals surface area contributed by atoms with Crippen LogP contribution >= 0.6 is 0 Å². The van der Waals surface area contributed by atoms with Gasteiger partial charge in [-0.15, -0.1) is 0 Å². The molecule has 0 saturated heterocycles. The molecule has 2 rings (SSSR count). The fourth-order valence-electron chi connectivity index (χ4n) is 3.70. The van der Waals surface area contributed by atoms with Crippen LogP contribution in [0.15, 0.2) is 48.5 Å². The van der Waals surface area contributed by atoms with E-state index in [2.05, 4.69) is 5.32 Å². The molecule has 2 amide bonds. The first-order valence-corrected chi connectivity index (χ1v) is 13.9. The van der Waals surface area contributed by atoms with E-state index in [1.54, 1.807) is 17.9 Å². The quantitative estimate of drug-likeness (QED) is 0.476. The van der Waals surface area contributed by atoms with E-state index in [0.717, 1.165) is 16.7 Å². The maximum Gasteiger partial charge on any atom is 0.242 e. The number of amides is 2. The smallest absolute Gasteiger partial charge is 0.242 e. The van der Waals surface area contributed by atoms with Crippen molar-refractivity contribution in [3.05, 3.63) is 65.2 Å². The summed E-state index contributed by atoms with van der Waals surface area (Å²) in [5.41, 5.74) is 3.60. The molecular formula is C27H39N3O4S. The molecule has 0 radical (unpaired) electrons. The summed E-state index contributed by atoms with van der Waals surface area (Å²) < 4.78 is 26.3. The normalized spacial score (nSPS) is 12.3. The summed E-state index contributed by atoms with van der Waals surface area (Å²) in [5.74, 6) is -0.0812. The van der Waals surface area contributed by atoms with Crippen molar-refractivity contribution in [3.63, 3.8) is 0 Å².